The third kappa shape index (κ3) is 3.98. The van der Waals surface area contributed by atoms with Crippen molar-refractivity contribution in [2.45, 2.75) is 20.8 Å². The molecule has 25 heavy (non-hydrogen) atoms. The molecule has 0 aliphatic carbocycles. The van der Waals surface area contributed by atoms with Crippen molar-refractivity contribution in [3.05, 3.63) is 73.0 Å². The maximum Gasteiger partial charge on any atom is 0.252 e. The van der Waals surface area contributed by atoms with Gasteiger partial charge in [0.05, 0.1) is 6.21 Å². The van der Waals surface area contributed by atoms with Crippen LogP contribution in [0.4, 0.5) is 5.95 Å². The number of rotatable bonds is 4. The first-order valence-electron chi connectivity index (χ1n) is 7.76. The number of hydrazone groups is 1. The molecule has 128 valence electrons. The van der Waals surface area contributed by atoms with E-state index in [0.29, 0.717) is 11.6 Å². The molecule has 0 saturated carbocycles. The summed E-state index contributed by atoms with van der Waals surface area (Å²) in [5.41, 5.74) is 7.54. The van der Waals surface area contributed by atoms with E-state index in [1.165, 1.54) is 9.64 Å². The summed E-state index contributed by atoms with van der Waals surface area (Å²) in [6.07, 6.45) is 1.73. The summed E-state index contributed by atoms with van der Waals surface area (Å²) in [5, 5.41) is 4.19. The molecule has 2 heterocycles. The van der Waals surface area contributed by atoms with Crippen LogP contribution in [0, 0.1) is 24.3 Å². The minimum atomic E-state index is -0.206. The van der Waals surface area contributed by atoms with Gasteiger partial charge in [0, 0.05) is 38.0 Å². The Bertz CT molecular complexity index is 986. The van der Waals surface area contributed by atoms with Crippen LogP contribution in [0.2, 0.25) is 0 Å². The SMILES string of the molecule is Cc1cc(=O)[nH]c(N/N=C/c2cc(C)n(-c3ccc(I)cc3)c2C)n1. The number of H-pyrrole nitrogens is 1. The predicted molar refractivity (Wildman–Crippen MR) is 109 cm³/mol. The molecular formula is C18H18IN5O. The second-order valence-corrected chi connectivity index (χ2v) is 6.99. The predicted octanol–water partition coefficient (Wildman–Crippen LogP) is 3.54. The summed E-state index contributed by atoms with van der Waals surface area (Å²) in [6, 6.07) is 11.9. The molecule has 0 radical (unpaired) electrons. The van der Waals surface area contributed by atoms with Gasteiger partial charge in [0.25, 0.3) is 5.56 Å². The van der Waals surface area contributed by atoms with Crippen molar-refractivity contribution >= 4 is 34.8 Å². The average molecular weight is 447 g/mol. The smallest absolute Gasteiger partial charge is 0.252 e. The Morgan fingerprint density at radius 1 is 1.20 bits per heavy atom. The Morgan fingerprint density at radius 2 is 1.92 bits per heavy atom. The number of aryl methyl sites for hydroxylation is 2. The first-order chi connectivity index (χ1) is 11.9. The summed E-state index contributed by atoms with van der Waals surface area (Å²) in [7, 11) is 0. The molecule has 0 aliphatic rings. The van der Waals surface area contributed by atoms with Crippen molar-refractivity contribution in [1.82, 2.24) is 14.5 Å². The standard InChI is InChI=1S/C18H18IN5O/c1-11-8-17(25)22-18(21-11)23-20-10-14-9-12(2)24(13(14)3)16-6-4-15(19)5-7-16/h4-10H,1-3H3,(H2,21,22,23,25)/b20-10+. The Labute approximate surface area is 159 Å². The Kier molecular flexibility index (Phi) is 5.03. The van der Waals surface area contributed by atoms with E-state index in [-0.39, 0.29) is 5.56 Å². The van der Waals surface area contributed by atoms with Crippen LogP contribution in [0.5, 0.6) is 0 Å². The van der Waals surface area contributed by atoms with Gasteiger partial charge >= 0.3 is 0 Å². The number of hydrogen-bond acceptors (Lipinski definition) is 4. The molecule has 0 fully saturated rings. The van der Waals surface area contributed by atoms with Crippen molar-refractivity contribution in [3.63, 3.8) is 0 Å². The zero-order valence-corrected chi connectivity index (χ0v) is 16.3. The summed E-state index contributed by atoms with van der Waals surface area (Å²) in [6.45, 7) is 5.88. The molecule has 0 saturated heterocycles. The molecule has 7 heteroatoms. The lowest BCUT2D eigenvalue weighted by atomic mass is 10.2. The molecule has 3 rings (SSSR count). The van der Waals surface area contributed by atoms with Gasteiger partial charge in [-0.15, -0.1) is 0 Å². The van der Waals surface area contributed by atoms with Gasteiger partial charge in [-0.25, -0.2) is 10.4 Å². The highest BCUT2D eigenvalue weighted by molar-refractivity contribution is 14.1. The van der Waals surface area contributed by atoms with Gasteiger partial charge < -0.3 is 4.57 Å². The minimum absolute atomic E-state index is 0.206. The maximum absolute atomic E-state index is 11.4. The van der Waals surface area contributed by atoms with Gasteiger partial charge in [0.15, 0.2) is 0 Å². The highest BCUT2D eigenvalue weighted by Crippen LogP contribution is 2.20. The molecule has 0 unspecified atom stereocenters. The molecule has 2 N–H and O–H groups in total. The van der Waals surface area contributed by atoms with E-state index < -0.39 is 0 Å². The Hall–Kier alpha value is -2.42. The number of anilines is 1. The van der Waals surface area contributed by atoms with Crippen LogP contribution in [0.3, 0.4) is 0 Å². The molecule has 1 aromatic carbocycles. The van der Waals surface area contributed by atoms with Crippen LogP contribution >= 0.6 is 22.6 Å². The van der Waals surface area contributed by atoms with E-state index >= 15 is 0 Å². The molecule has 0 aliphatic heterocycles. The normalized spacial score (nSPS) is 11.2. The van der Waals surface area contributed by atoms with Gasteiger partial charge in [-0.2, -0.15) is 5.10 Å². The summed E-state index contributed by atoms with van der Waals surface area (Å²) >= 11 is 2.30. The molecule has 0 amide bonds. The van der Waals surface area contributed by atoms with Crippen molar-refractivity contribution in [2.75, 3.05) is 5.43 Å². The monoisotopic (exact) mass is 447 g/mol. The third-order valence-corrected chi connectivity index (χ3v) is 4.52. The number of hydrogen-bond donors (Lipinski definition) is 2. The van der Waals surface area contributed by atoms with E-state index in [9.17, 15) is 4.79 Å². The Balaban J connectivity index is 1.85. The van der Waals surface area contributed by atoms with E-state index in [4.69, 9.17) is 0 Å². The number of nitrogens with zero attached hydrogens (tertiary/aromatic N) is 3. The van der Waals surface area contributed by atoms with Gasteiger partial charge in [0.1, 0.15) is 0 Å². The van der Waals surface area contributed by atoms with Crippen LogP contribution in [0.15, 0.2) is 46.3 Å². The highest BCUT2D eigenvalue weighted by Gasteiger charge is 2.09. The fraction of sp³-hybridized carbons (Fsp3) is 0.167. The van der Waals surface area contributed by atoms with Crippen LogP contribution in [-0.2, 0) is 0 Å². The lowest BCUT2D eigenvalue weighted by molar-refractivity contribution is 0.964. The molecule has 0 bridgehead atoms. The fourth-order valence-corrected chi connectivity index (χ4v) is 3.06. The topological polar surface area (TPSA) is 75.1 Å². The number of halogens is 1. The van der Waals surface area contributed by atoms with Crippen molar-refractivity contribution in [1.29, 1.82) is 0 Å². The van der Waals surface area contributed by atoms with Gasteiger partial charge in [-0.3, -0.25) is 9.78 Å². The minimum Gasteiger partial charge on any atom is -0.318 e. The fourth-order valence-electron chi connectivity index (χ4n) is 2.70. The Morgan fingerprint density at radius 3 is 2.60 bits per heavy atom. The largest absolute Gasteiger partial charge is 0.318 e. The quantitative estimate of drug-likeness (QED) is 0.365. The van der Waals surface area contributed by atoms with E-state index in [1.807, 2.05) is 0 Å². The van der Waals surface area contributed by atoms with Gasteiger partial charge in [0.2, 0.25) is 5.95 Å². The molecule has 6 nitrogen and oxygen atoms in total. The highest BCUT2D eigenvalue weighted by atomic mass is 127. The van der Waals surface area contributed by atoms with Crippen molar-refractivity contribution < 1.29 is 0 Å². The third-order valence-electron chi connectivity index (χ3n) is 3.80. The van der Waals surface area contributed by atoms with Gasteiger partial charge in [-0.05, 0) is 73.7 Å². The first kappa shape index (κ1) is 17.4. The summed E-state index contributed by atoms with van der Waals surface area (Å²) in [5.74, 6) is 0.327. The zero-order chi connectivity index (χ0) is 18.0. The lowest BCUT2D eigenvalue weighted by Gasteiger charge is -2.09. The van der Waals surface area contributed by atoms with E-state index in [0.717, 1.165) is 22.6 Å². The lowest BCUT2D eigenvalue weighted by Crippen LogP contribution is -2.10. The van der Waals surface area contributed by atoms with Gasteiger partial charge in [-0.1, -0.05) is 0 Å². The van der Waals surface area contributed by atoms with Crippen LogP contribution in [0.1, 0.15) is 22.6 Å². The van der Waals surface area contributed by atoms with Crippen LogP contribution < -0.4 is 11.0 Å². The average Bonchev–Trinajstić information content (AvgIpc) is 2.82. The number of nitrogens with one attached hydrogen (secondary N) is 2. The van der Waals surface area contributed by atoms with E-state index in [1.54, 1.807) is 13.1 Å². The first-order valence-corrected chi connectivity index (χ1v) is 8.84. The number of benzene rings is 1. The van der Waals surface area contributed by atoms with Crippen molar-refractivity contribution in [2.24, 2.45) is 5.10 Å². The summed E-state index contributed by atoms with van der Waals surface area (Å²) < 4.78 is 3.39. The second kappa shape index (κ2) is 7.22. The van der Waals surface area contributed by atoms with Crippen LogP contribution in [0.25, 0.3) is 5.69 Å². The number of aromatic amines is 1. The maximum atomic E-state index is 11.4. The molecule has 0 atom stereocenters. The molecule has 2 aromatic heterocycles. The summed E-state index contributed by atoms with van der Waals surface area (Å²) in [4.78, 5) is 18.2. The molecule has 3 aromatic rings. The number of aromatic nitrogens is 3. The van der Waals surface area contributed by atoms with E-state index in [2.05, 4.69) is 91.8 Å². The zero-order valence-electron chi connectivity index (χ0n) is 14.2. The molecular weight excluding hydrogens is 429 g/mol. The second-order valence-electron chi connectivity index (χ2n) is 5.74. The van der Waals surface area contributed by atoms with Crippen LogP contribution in [-0.4, -0.2) is 20.7 Å². The van der Waals surface area contributed by atoms with Crippen molar-refractivity contribution in [3.8, 4) is 5.69 Å². The molecule has 0 spiro atoms.